The molecule has 1 amide bonds. The number of rotatable bonds is 5. The fourth-order valence-corrected chi connectivity index (χ4v) is 1.66. The third kappa shape index (κ3) is 3.90. The van der Waals surface area contributed by atoms with Gasteiger partial charge in [-0.3, -0.25) is 4.79 Å². The number of hydrogen-bond donors (Lipinski definition) is 2. The number of carbonyl (C=O) groups excluding carboxylic acids is 1. The molecule has 1 atom stereocenters. The van der Waals surface area contributed by atoms with Crippen LogP contribution in [0.25, 0.3) is 0 Å². The van der Waals surface area contributed by atoms with Crippen LogP contribution in [0.2, 0.25) is 0 Å². The summed E-state index contributed by atoms with van der Waals surface area (Å²) in [5.41, 5.74) is 5.96. The minimum absolute atomic E-state index is 0.336. The standard InChI is InChI=1S/C12H15F2N3O2/c1-17(7-9(13)14)12(18)10(11(15)16-19)8-5-3-2-4-6-8/h2-6,9-10,19H,7H2,1H3,(H2,15,16). The molecule has 5 nitrogen and oxygen atoms in total. The van der Waals surface area contributed by atoms with Crippen LogP contribution < -0.4 is 5.73 Å². The van der Waals surface area contributed by atoms with Crippen LogP contribution in [0.3, 0.4) is 0 Å². The van der Waals surface area contributed by atoms with Gasteiger partial charge in [-0.1, -0.05) is 35.5 Å². The highest BCUT2D eigenvalue weighted by Crippen LogP contribution is 2.18. The summed E-state index contributed by atoms with van der Waals surface area (Å²) in [5, 5.41) is 11.5. The number of halogens is 2. The number of nitrogens with zero attached hydrogens (tertiary/aromatic N) is 2. The van der Waals surface area contributed by atoms with E-state index in [0.29, 0.717) is 5.56 Å². The minimum atomic E-state index is -2.64. The van der Waals surface area contributed by atoms with Crippen molar-refractivity contribution in [1.82, 2.24) is 4.90 Å². The molecule has 0 aliphatic heterocycles. The number of amides is 1. The monoisotopic (exact) mass is 271 g/mol. The normalized spacial score (nSPS) is 13.4. The summed E-state index contributed by atoms with van der Waals surface area (Å²) in [5.74, 6) is -2.06. The van der Waals surface area contributed by atoms with Crippen LogP contribution in [0.15, 0.2) is 35.5 Å². The van der Waals surface area contributed by atoms with Crippen molar-refractivity contribution in [3.63, 3.8) is 0 Å². The summed E-state index contributed by atoms with van der Waals surface area (Å²) in [6, 6.07) is 8.30. The van der Waals surface area contributed by atoms with Gasteiger partial charge >= 0.3 is 0 Å². The number of oxime groups is 1. The average Bonchev–Trinajstić information content (AvgIpc) is 2.39. The number of likely N-dealkylation sites (N-methyl/N-ethyl adjacent to an activating group) is 1. The second-order valence-corrected chi connectivity index (χ2v) is 3.98. The second kappa shape index (κ2) is 6.67. The molecule has 0 fully saturated rings. The van der Waals surface area contributed by atoms with E-state index in [1.807, 2.05) is 0 Å². The van der Waals surface area contributed by atoms with E-state index in [-0.39, 0.29) is 5.84 Å². The molecule has 1 rings (SSSR count). The SMILES string of the molecule is CN(CC(F)F)C(=O)C(/C(N)=N/O)c1ccccc1. The zero-order valence-electron chi connectivity index (χ0n) is 10.3. The third-order valence-corrected chi connectivity index (χ3v) is 2.58. The second-order valence-electron chi connectivity index (χ2n) is 3.98. The minimum Gasteiger partial charge on any atom is -0.409 e. The van der Waals surface area contributed by atoms with Crippen molar-refractivity contribution in [2.75, 3.05) is 13.6 Å². The molecule has 1 aromatic rings. The lowest BCUT2D eigenvalue weighted by atomic mass is 9.96. The number of nitrogens with two attached hydrogens (primary N) is 1. The molecule has 7 heteroatoms. The zero-order valence-corrected chi connectivity index (χ0v) is 10.3. The lowest BCUT2D eigenvalue weighted by Gasteiger charge is -2.23. The molecule has 0 radical (unpaired) electrons. The highest BCUT2D eigenvalue weighted by molar-refractivity contribution is 6.07. The van der Waals surface area contributed by atoms with Crippen LogP contribution in [0.1, 0.15) is 11.5 Å². The van der Waals surface area contributed by atoms with Gasteiger partial charge in [0.2, 0.25) is 5.91 Å². The van der Waals surface area contributed by atoms with Gasteiger partial charge in [0.15, 0.2) is 5.84 Å². The van der Waals surface area contributed by atoms with E-state index in [2.05, 4.69) is 5.16 Å². The van der Waals surface area contributed by atoms with Crippen molar-refractivity contribution in [3.05, 3.63) is 35.9 Å². The molecule has 0 aliphatic carbocycles. The maximum absolute atomic E-state index is 12.3. The van der Waals surface area contributed by atoms with Crippen LogP contribution in [-0.2, 0) is 4.79 Å². The molecular weight excluding hydrogens is 256 g/mol. The van der Waals surface area contributed by atoms with Crippen molar-refractivity contribution in [2.45, 2.75) is 12.3 Å². The van der Waals surface area contributed by atoms with Crippen LogP contribution in [0, 0.1) is 0 Å². The van der Waals surface area contributed by atoms with Crippen molar-refractivity contribution in [2.24, 2.45) is 10.9 Å². The molecule has 19 heavy (non-hydrogen) atoms. The highest BCUT2D eigenvalue weighted by Gasteiger charge is 2.29. The Balaban J connectivity index is 3.02. The summed E-state index contributed by atoms with van der Waals surface area (Å²) >= 11 is 0. The van der Waals surface area contributed by atoms with Crippen LogP contribution in [-0.4, -0.2) is 41.9 Å². The van der Waals surface area contributed by atoms with Crippen LogP contribution in [0.4, 0.5) is 8.78 Å². The topological polar surface area (TPSA) is 78.9 Å². The lowest BCUT2D eigenvalue weighted by molar-refractivity contribution is -0.131. The van der Waals surface area contributed by atoms with E-state index >= 15 is 0 Å². The van der Waals surface area contributed by atoms with Gasteiger partial charge in [-0.15, -0.1) is 0 Å². The maximum atomic E-state index is 12.3. The zero-order chi connectivity index (χ0) is 14.4. The Labute approximate surface area is 109 Å². The van der Waals surface area contributed by atoms with E-state index in [1.165, 1.54) is 7.05 Å². The van der Waals surface area contributed by atoms with Crippen molar-refractivity contribution in [1.29, 1.82) is 0 Å². The third-order valence-electron chi connectivity index (χ3n) is 2.58. The van der Waals surface area contributed by atoms with Gasteiger partial charge < -0.3 is 15.8 Å². The Morgan fingerprint density at radius 1 is 1.42 bits per heavy atom. The Kier molecular flexibility index (Phi) is 5.23. The van der Waals surface area contributed by atoms with Gasteiger partial charge in [0, 0.05) is 7.05 Å². The van der Waals surface area contributed by atoms with Crippen molar-refractivity contribution >= 4 is 11.7 Å². The average molecular weight is 271 g/mol. The largest absolute Gasteiger partial charge is 0.409 e. The Morgan fingerprint density at radius 2 is 2.00 bits per heavy atom. The summed E-state index contributed by atoms with van der Waals surface area (Å²) < 4.78 is 24.6. The van der Waals surface area contributed by atoms with Gasteiger partial charge in [0.05, 0.1) is 6.54 Å². The van der Waals surface area contributed by atoms with Crippen molar-refractivity contribution < 1.29 is 18.8 Å². The smallest absolute Gasteiger partial charge is 0.255 e. The molecule has 0 aliphatic rings. The molecule has 0 aromatic heterocycles. The molecule has 1 aromatic carbocycles. The molecule has 3 N–H and O–H groups in total. The van der Waals surface area contributed by atoms with E-state index in [1.54, 1.807) is 30.3 Å². The predicted molar refractivity (Wildman–Crippen MR) is 66.2 cm³/mol. The van der Waals surface area contributed by atoms with Gasteiger partial charge in [0.25, 0.3) is 6.43 Å². The van der Waals surface area contributed by atoms with E-state index in [9.17, 15) is 13.6 Å². The summed E-state index contributed by atoms with van der Waals surface area (Å²) in [7, 11) is 1.25. The molecule has 104 valence electrons. The Morgan fingerprint density at radius 3 is 2.47 bits per heavy atom. The molecular formula is C12H15F2N3O2. The van der Waals surface area contributed by atoms with Gasteiger partial charge in [0.1, 0.15) is 5.92 Å². The van der Waals surface area contributed by atoms with Gasteiger partial charge in [-0.05, 0) is 5.56 Å². The number of alkyl halides is 2. The molecule has 1 unspecified atom stereocenters. The van der Waals surface area contributed by atoms with Crippen LogP contribution in [0.5, 0.6) is 0 Å². The first-order valence-electron chi connectivity index (χ1n) is 5.52. The maximum Gasteiger partial charge on any atom is 0.255 e. The molecule has 0 saturated carbocycles. The summed E-state index contributed by atoms with van der Waals surface area (Å²) in [6.07, 6.45) is -2.64. The highest BCUT2D eigenvalue weighted by atomic mass is 19.3. The molecule has 0 heterocycles. The Bertz CT molecular complexity index is 452. The number of carbonyl (C=O) groups is 1. The van der Waals surface area contributed by atoms with E-state index < -0.39 is 24.8 Å². The predicted octanol–water partition coefficient (Wildman–Crippen LogP) is 1.24. The van der Waals surface area contributed by atoms with Crippen molar-refractivity contribution in [3.8, 4) is 0 Å². The quantitative estimate of drug-likeness (QED) is 0.366. The number of benzene rings is 1. The fraction of sp³-hybridized carbons (Fsp3) is 0.333. The molecule has 0 bridgehead atoms. The van der Waals surface area contributed by atoms with E-state index in [4.69, 9.17) is 10.9 Å². The number of hydrogen-bond acceptors (Lipinski definition) is 3. The first-order chi connectivity index (χ1) is 8.97. The molecule has 0 saturated heterocycles. The van der Waals surface area contributed by atoms with E-state index in [0.717, 1.165) is 4.90 Å². The van der Waals surface area contributed by atoms with Gasteiger partial charge in [-0.2, -0.15) is 0 Å². The summed E-state index contributed by atoms with van der Waals surface area (Å²) in [4.78, 5) is 13.0. The van der Waals surface area contributed by atoms with Gasteiger partial charge in [-0.25, -0.2) is 8.78 Å². The first-order valence-corrected chi connectivity index (χ1v) is 5.52. The Hall–Kier alpha value is -2.18. The number of amidine groups is 1. The fourth-order valence-electron chi connectivity index (χ4n) is 1.66. The van der Waals surface area contributed by atoms with Crippen LogP contribution >= 0.6 is 0 Å². The lowest BCUT2D eigenvalue weighted by Crippen LogP contribution is -2.40. The summed E-state index contributed by atoms with van der Waals surface area (Å²) in [6.45, 7) is -0.707. The first kappa shape index (κ1) is 14.9. The molecule has 0 spiro atoms.